The van der Waals surface area contributed by atoms with Gasteiger partial charge < -0.3 is 9.09 Å². The summed E-state index contributed by atoms with van der Waals surface area (Å²) >= 11 is 6.19. The highest BCUT2D eigenvalue weighted by Crippen LogP contribution is 2.18. The summed E-state index contributed by atoms with van der Waals surface area (Å²) in [4.78, 5) is 16.5. The highest BCUT2D eigenvalue weighted by atomic mass is 35.5. The monoisotopic (exact) mass is 344 g/mol. The Balaban J connectivity index is 1.72. The van der Waals surface area contributed by atoms with Gasteiger partial charge in [0.15, 0.2) is 0 Å². The standard InChI is InChI=1S/C17H17ClN4O2/c1-11-14(12(2)24-21-11)9-16(23)20-17-19-7-8-22(17)10-13-5-3-4-6-15(13)18/h3-8H,9-10H2,1-2H3,(H,19,20,23). The van der Waals surface area contributed by atoms with Crippen LogP contribution in [0.2, 0.25) is 5.02 Å². The third kappa shape index (κ3) is 3.49. The largest absolute Gasteiger partial charge is 0.361 e. The summed E-state index contributed by atoms with van der Waals surface area (Å²) in [6.45, 7) is 4.14. The molecule has 0 saturated carbocycles. The van der Waals surface area contributed by atoms with Gasteiger partial charge >= 0.3 is 0 Å². The molecule has 124 valence electrons. The molecule has 24 heavy (non-hydrogen) atoms. The number of amides is 1. The highest BCUT2D eigenvalue weighted by Gasteiger charge is 2.15. The van der Waals surface area contributed by atoms with Crippen molar-refractivity contribution in [2.24, 2.45) is 0 Å². The van der Waals surface area contributed by atoms with Crippen molar-refractivity contribution < 1.29 is 9.32 Å². The van der Waals surface area contributed by atoms with E-state index in [-0.39, 0.29) is 12.3 Å². The Morgan fingerprint density at radius 1 is 1.33 bits per heavy atom. The quantitative estimate of drug-likeness (QED) is 0.770. The number of nitrogens with zero attached hydrogens (tertiary/aromatic N) is 3. The summed E-state index contributed by atoms with van der Waals surface area (Å²) in [5, 5.41) is 7.36. The van der Waals surface area contributed by atoms with Crippen LogP contribution in [0.4, 0.5) is 5.95 Å². The van der Waals surface area contributed by atoms with E-state index in [9.17, 15) is 4.79 Å². The van der Waals surface area contributed by atoms with Crippen molar-refractivity contribution in [1.29, 1.82) is 0 Å². The van der Waals surface area contributed by atoms with Crippen molar-refractivity contribution in [2.45, 2.75) is 26.8 Å². The van der Waals surface area contributed by atoms with Gasteiger partial charge in [-0.3, -0.25) is 10.1 Å². The number of anilines is 1. The number of halogens is 1. The zero-order valence-corrected chi connectivity index (χ0v) is 14.2. The number of carbonyl (C=O) groups excluding carboxylic acids is 1. The molecule has 2 aromatic heterocycles. The number of carbonyl (C=O) groups is 1. The van der Waals surface area contributed by atoms with E-state index in [1.54, 1.807) is 19.3 Å². The first-order valence-electron chi connectivity index (χ1n) is 7.50. The van der Waals surface area contributed by atoms with Crippen LogP contribution in [0.25, 0.3) is 0 Å². The second-order valence-electron chi connectivity index (χ2n) is 5.50. The molecule has 0 bridgehead atoms. The Bertz CT molecular complexity index is 850. The number of hydrogen-bond donors (Lipinski definition) is 1. The fourth-order valence-corrected chi connectivity index (χ4v) is 2.65. The molecule has 7 heteroatoms. The Morgan fingerprint density at radius 3 is 2.83 bits per heavy atom. The highest BCUT2D eigenvalue weighted by molar-refractivity contribution is 6.31. The number of imidazole rings is 1. The summed E-state index contributed by atoms with van der Waals surface area (Å²) in [7, 11) is 0. The zero-order valence-electron chi connectivity index (χ0n) is 13.4. The smallest absolute Gasteiger partial charge is 0.231 e. The van der Waals surface area contributed by atoms with Crippen LogP contribution in [0.15, 0.2) is 41.2 Å². The summed E-state index contributed by atoms with van der Waals surface area (Å²) < 4.78 is 6.92. The lowest BCUT2D eigenvalue weighted by Gasteiger charge is -2.10. The predicted octanol–water partition coefficient (Wildman–Crippen LogP) is 3.37. The van der Waals surface area contributed by atoms with Gasteiger partial charge in [-0.15, -0.1) is 0 Å². The summed E-state index contributed by atoms with van der Waals surface area (Å²) in [6.07, 6.45) is 3.64. The second kappa shape index (κ2) is 6.88. The molecule has 0 aliphatic carbocycles. The molecule has 0 fully saturated rings. The van der Waals surface area contributed by atoms with E-state index >= 15 is 0 Å². The average molecular weight is 345 g/mol. The molecular formula is C17H17ClN4O2. The van der Waals surface area contributed by atoms with Crippen molar-refractivity contribution in [2.75, 3.05) is 5.32 Å². The molecule has 1 N–H and O–H groups in total. The van der Waals surface area contributed by atoms with E-state index in [1.807, 2.05) is 35.8 Å². The van der Waals surface area contributed by atoms with Crippen LogP contribution in [0.5, 0.6) is 0 Å². The van der Waals surface area contributed by atoms with Crippen molar-refractivity contribution in [1.82, 2.24) is 14.7 Å². The molecule has 3 aromatic rings. The SMILES string of the molecule is Cc1noc(C)c1CC(=O)Nc1nccn1Cc1ccccc1Cl. The number of aryl methyl sites for hydroxylation is 2. The summed E-state index contributed by atoms with van der Waals surface area (Å²) in [5.74, 6) is 0.963. The second-order valence-corrected chi connectivity index (χ2v) is 5.91. The van der Waals surface area contributed by atoms with Gasteiger partial charge in [0, 0.05) is 23.0 Å². The van der Waals surface area contributed by atoms with Crippen molar-refractivity contribution >= 4 is 23.5 Å². The Kier molecular flexibility index (Phi) is 4.66. The Hall–Kier alpha value is -2.60. The molecule has 0 radical (unpaired) electrons. The van der Waals surface area contributed by atoms with E-state index in [4.69, 9.17) is 16.1 Å². The van der Waals surface area contributed by atoms with Crippen LogP contribution >= 0.6 is 11.6 Å². The molecule has 0 unspecified atom stereocenters. The van der Waals surface area contributed by atoms with E-state index in [1.165, 1.54) is 0 Å². The van der Waals surface area contributed by atoms with Gasteiger partial charge in [-0.1, -0.05) is 35.0 Å². The number of hydrogen-bond acceptors (Lipinski definition) is 4. The van der Waals surface area contributed by atoms with Crippen LogP contribution in [0, 0.1) is 13.8 Å². The van der Waals surface area contributed by atoms with Crippen molar-refractivity contribution in [3.63, 3.8) is 0 Å². The molecule has 0 spiro atoms. The topological polar surface area (TPSA) is 73.0 Å². The van der Waals surface area contributed by atoms with Crippen molar-refractivity contribution in [3.05, 3.63) is 64.3 Å². The van der Waals surface area contributed by atoms with Crippen LogP contribution in [-0.4, -0.2) is 20.6 Å². The molecule has 0 aliphatic heterocycles. The van der Waals surface area contributed by atoms with E-state index < -0.39 is 0 Å². The van der Waals surface area contributed by atoms with Crippen LogP contribution in [0.1, 0.15) is 22.6 Å². The fraction of sp³-hybridized carbons (Fsp3) is 0.235. The lowest BCUT2D eigenvalue weighted by molar-refractivity contribution is -0.115. The minimum atomic E-state index is -0.170. The lowest BCUT2D eigenvalue weighted by atomic mass is 10.1. The minimum Gasteiger partial charge on any atom is -0.361 e. The first-order chi connectivity index (χ1) is 11.5. The molecule has 3 rings (SSSR count). The predicted molar refractivity (Wildman–Crippen MR) is 91.1 cm³/mol. The first kappa shape index (κ1) is 16.3. The maximum absolute atomic E-state index is 12.3. The lowest BCUT2D eigenvalue weighted by Crippen LogP contribution is -2.18. The third-order valence-corrected chi connectivity index (χ3v) is 4.15. The first-order valence-corrected chi connectivity index (χ1v) is 7.88. The zero-order chi connectivity index (χ0) is 17.1. The van der Waals surface area contributed by atoms with Gasteiger partial charge in [-0.05, 0) is 25.5 Å². The van der Waals surface area contributed by atoms with E-state index in [2.05, 4.69) is 15.5 Å². The molecular weight excluding hydrogens is 328 g/mol. The Morgan fingerprint density at radius 2 is 2.12 bits per heavy atom. The fourth-order valence-electron chi connectivity index (χ4n) is 2.45. The molecule has 0 aliphatic rings. The maximum atomic E-state index is 12.3. The molecule has 1 aromatic carbocycles. The number of aromatic nitrogens is 3. The van der Waals surface area contributed by atoms with E-state index in [0.29, 0.717) is 23.3 Å². The molecule has 0 atom stereocenters. The van der Waals surface area contributed by atoms with Gasteiger partial charge in [0.25, 0.3) is 0 Å². The van der Waals surface area contributed by atoms with Gasteiger partial charge in [0.2, 0.25) is 11.9 Å². The molecule has 1 amide bonds. The van der Waals surface area contributed by atoms with Crippen LogP contribution < -0.4 is 5.32 Å². The maximum Gasteiger partial charge on any atom is 0.231 e. The average Bonchev–Trinajstić information content (AvgIpc) is 3.11. The van der Waals surface area contributed by atoms with Gasteiger partial charge in [-0.25, -0.2) is 4.98 Å². The molecule has 0 saturated heterocycles. The van der Waals surface area contributed by atoms with Crippen molar-refractivity contribution in [3.8, 4) is 0 Å². The van der Waals surface area contributed by atoms with Crippen LogP contribution in [0.3, 0.4) is 0 Å². The van der Waals surface area contributed by atoms with Gasteiger partial charge in [-0.2, -0.15) is 0 Å². The number of nitrogens with one attached hydrogen (secondary N) is 1. The van der Waals surface area contributed by atoms with Gasteiger partial charge in [0.05, 0.1) is 18.7 Å². The summed E-state index contributed by atoms with van der Waals surface area (Å²) in [5.41, 5.74) is 2.48. The van der Waals surface area contributed by atoms with Crippen LogP contribution in [-0.2, 0) is 17.8 Å². The number of rotatable bonds is 5. The molecule has 6 nitrogen and oxygen atoms in total. The number of benzene rings is 1. The minimum absolute atomic E-state index is 0.170. The molecule has 2 heterocycles. The Labute approximate surface area is 144 Å². The van der Waals surface area contributed by atoms with E-state index in [0.717, 1.165) is 16.8 Å². The third-order valence-electron chi connectivity index (χ3n) is 3.78. The van der Waals surface area contributed by atoms with Gasteiger partial charge in [0.1, 0.15) is 5.76 Å². The normalized spacial score (nSPS) is 10.8. The summed E-state index contributed by atoms with van der Waals surface area (Å²) in [6, 6.07) is 7.58.